The standard InChI is InChI=1S/C18H21N5O/c1-24-15-9-5-8-14(12-15)20-11-10-16-21-18(23-22-16)17(19)13-6-3-2-4-7-13/h2-9,12,17,20H,10-11,19H2,1H3,(H,21,22,23). The summed E-state index contributed by atoms with van der Waals surface area (Å²) in [5.41, 5.74) is 8.21. The van der Waals surface area contributed by atoms with Crippen LogP contribution in [0.5, 0.6) is 5.75 Å². The molecule has 0 bridgehead atoms. The molecular weight excluding hydrogens is 302 g/mol. The highest BCUT2D eigenvalue weighted by Gasteiger charge is 2.13. The van der Waals surface area contributed by atoms with Crippen molar-refractivity contribution in [3.05, 3.63) is 71.8 Å². The van der Waals surface area contributed by atoms with Gasteiger partial charge in [0.25, 0.3) is 0 Å². The number of methoxy groups -OCH3 is 1. The molecule has 0 saturated carbocycles. The van der Waals surface area contributed by atoms with Gasteiger partial charge in [-0.3, -0.25) is 5.10 Å². The first-order valence-corrected chi connectivity index (χ1v) is 7.86. The highest BCUT2D eigenvalue weighted by atomic mass is 16.5. The normalized spacial score (nSPS) is 11.9. The predicted molar refractivity (Wildman–Crippen MR) is 94.0 cm³/mol. The second-order valence-corrected chi connectivity index (χ2v) is 5.44. The Morgan fingerprint density at radius 3 is 2.79 bits per heavy atom. The number of aromatic amines is 1. The van der Waals surface area contributed by atoms with Crippen LogP contribution in [0.2, 0.25) is 0 Å². The first-order chi connectivity index (χ1) is 11.8. The zero-order valence-corrected chi connectivity index (χ0v) is 13.6. The van der Waals surface area contributed by atoms with Crippen molar-refractivity contribution in [1.29, 1.82) is 0 Å². The summed E-state index contributed by atoms with van der Waals surface area (Å²) in [6.45, 7) is 0.738. The van der Waals surface area contributed by atoms with Crippen molar-refractivity contribution in [3.63, 3.8) is 0 Å². The number of rotatable bonds is 7. The SMILES string of the molecule is COc1cccc(NCCc2nc(C(N)c3ccccc3)n[nH]2)c1. The van der Waals surface area contributed by atoms with Gasteiger partial charge in [0.05, 0.1) is 13.2 Å². The highest BCUT2D eigenvalue weighted by Crippen LogP contribution is 2.17. The van der Waals surface area contributed by atoms with E-state index in [2.05, 4.69) is 20.5 Å². The Hall–Kier alpha value is -2.86. The second kappa shape index (κ2) is 7.61. The number of aromatic nitrogens is 3. The monoisotopic (exact) mass is 323 g/mol. The van der Waals surface area contributed by atoms with Crippen LogP contribution in [0.25, 0.3) is 0 Å². The number of anilines is 1. The topological polar surface area (TPSA) is 88.8 Å². The van der Waals surface area contributed by atoms with Crippen molar-refractivity contribution < 1.29 is 4.74 Å². The van der Waals surface area contributed by atoms with Crippen LogP contribution in [0.3, 0.4) is 0 Å². The lowest BCUT2D eigenvalue weighted by atomic mass is 10.1. The molecule has 0 amide bonds. The first kappa shape index (κ1) is 16.0. The number of nitrogens with one attached hydrogen (secondary N) is 2. The first-order valence-electron chi connectivity index (χ1n) is 7.86. The molecule has 0 aliphatic heterocycles. The summed E-state index contributed by atoms with van der Waals surface area (Å²) in [5, 5.41) is 10.5. The van der Waals surface area contributed by atoms with Crippen LogP contribution < -0.4 is 15.8 Å². The van der Waals surface area contributed by atoms with Crippen molar-refractivity contribution in [2.24, 2.45) is 5.73 Å². The zero-order valence-electron chi connectivity index (χ0n) is 13.6. The molecule has 4 N–H and O–H groups in total. The molecule has 3 rings (SSSR count). The minimum absolute atomic E-state index is 0.317. The molecule has 1 atom stereocenters. The molecule has 24 heavy (non-hydrogen) atoms. The molecule has 3 aromatic rings. The minimum atomic E-state index is -0.317. The Bertz CT molecular complexity index is 772. The fourth-order valence-electron chi connectivity index (χ4n) is 2.43. The Morgan fingerprint density at radius 2 is 2.00 bits per heavy atom. The van der Waals surface area contributed by atoms with Gasteiger partial charge in [-0.05, 0) is 17.7 Å². The quantitative estimate of drug-likeness (QED) is 0.622. The Balaban J connectivity index is 1.56. The predicted octanol–water partition coefficient (Wildman–Crippen LogP) is 2.52. The maximum atomic E-state index is 6.21. The van der Waals surface area contributed by atoms with E-state index in [1.54, 1.807) is 7.11 Å². The number of H-pyrrole nitrogens is 1. The van der Waals surface area contributed by atoms with Gasteiger partial charge in [-0.15, -0.1) is 0 Å². The molecular formula is C18H21N5O. The lowest BCUT2D eigenvalue weighted by molar-refractivity contribution is 0.415. The van der Waals surface area contributed by atoms with Crippen LogP contribution in [0, 0.1) is 0 Å². The third-order valence-corrected chi connectivity index (χ3v) is 3.75. The van der Waals surface area contributed by atoms with Gasteiger partial charge >= 0.3 is 0 Å². The van der Waals surface area contributed by atoms with Gasteiger partial charge < -0.3 is 15.8 Å². The largest absolute Gasteiger partial charge is 0.497 e. The zero-order chi connectivity index (χ0) is 16.8. The average molecular weight is 323 g/mol. The smallest absolute Gasteiger partial charge is 0.171 e. The summed E-state index contributed by atoms with van der Waals surface area (Å²) in [7, 11) is 1.66. The molecule has 1 aromatic heterocycles. The summed E-state index contributed by atoms with van der Waals surface area (Å²) in [5.74, 6) is 2.25. The van der Waals surface area contributed by atoms with Gasteiger partial charge in [-0.1, -0.05) is 36.4 Å². The molecule has 0 saturated heterocycles. The average Bonchev–Trinajstić information content (AvgIpc) is 3.11. The van der Waals surface area contributed by atoms with Gasteiger partial charge in [-0.2, -0.15) is 5.10 Å². The van der Waals surface area contributed by atoms with Crippen molar-refractivity contribution >= 4 is 5.69 Å². The van der Waals surface area contributed by atoms with Crippen LogP contribution in [0.4, 0.5) is 5.69 Å². The van der Waals surface area contributed by atoms with Gasteiger partial charge in [0.15, 0.2) is 5.82 Å². The Morgan fingerprint density at radius 1 is 1.17 bits per heavy atom. The van der Waals surface area contributed by atoms with E-state index in [0.29, 0.717) is 5.82 Å². The van der Waals surface area contributed by atoms with Gasteiger partial charge in [0, 0.05) is 24.7 Å². The van der Waals surface area contributed by atoms with Crippen LogP contribution in [0.15, 0.2) is 54.6 Å². The highest BCUT2D eigenvalue weighted by molar-refractivity contribution is 5.48. The molecule has 2 aromatic carbocycles. The second-order valence-electron chi connectivity index (χ2n) is 5.44. The summed E-state index contributed by atoms with van der Waals surface area (Å²) >= 11 is 0. The van der Waals surface area contributed by atoms with E-state index in [1.165, 1.54) is 0 Å². The lowest BCUT2D eigenvalue weighted by Crippen LogP contribution is -2.13. The molecule has 6 nitrogen and oxygen atoms in total. The van der Waals surface area contributed by atoms with Crippen LogP contribution in [-0.2, 0) is 6.42 Å². The molecule has 1 unspecified atom stereocenters. The summed E-state index contributed by atoms with van der Waals surface area (Å²) < 4.78 is 5.21. The van der Waals surface area contributed by atoms with Crippen molar-refractivity contribution in [3.8, 4) is 5.75 Å². The molecule has 6 heteroatoms. The van der Waals surface area contributed by atoms with E-state index in [-0.39, 0.29) is 6.04 Å². The van der Waals surface area contributed by atoms with Gasteiger partial charge in [-0.25, -0.2) is 4.98 Å². The third kappa shape index (κ3) is 3.91. The number of nitrogens with zero attached hydrogens (tertiary/aromatic N) is 2. The fourth-order valence-corrected chi connectivity index (χ4v) is 2.43. The Labute approximate surface area is 141 Å². The molecule has 0 aliphatic rings. The molecule has 0 aliphatic carbocycles. The van der Waals surface area contributed by atoms with Gasteiger partial charge in [0.1, 0.15) is 11.6 Å². The maximum Gasteiger partial charge on any atom is 0.171 e. The summed E-state index contributed by atoms with van der Waals surface area (Å²) in [6, 6.07) is 17.3. The van der Waals surface area contributed by atoms with Crippen LogP contribution in [0.1, 0.15) is 23.3 Å². The maximum absolute atomic E-state index is 6.21. The number of benzene rings is 2. The minimum Gasteiger partial charge on any atom is -0.497 e. The van der Waals surface area contributed by atoms with Crippen LogP contribution in [-0.4, -0.2) is 28.8 Å². The third-order valence-electron chi connectivity index (χ3n) is 3.75. The van der Waals surface area contributed by atoms with E-state index in [0.717, 1.165) is 35.8 Å². The van der Waals surface area contributed by atoms with Crippen molar-refractivity contribution in [2.75, 3.05) is 19.0 Å². The summed E-state index contributed by atoms with van der Waals surface area (Å²) in [4.78, 5) is 4.50. The number of ether oxygens (including phenoxy) is 1. The fraction of sp³-hybridized carbons (Fsp3) is 0.222. The number of hydrogen-bond donors (Lipinski definition) is 3. The van der Waals surface area contributed by atoms with E-state index in [9.17, 15) is 0 Å². The van der Waals surface area contributed by atoms with Crippen LogP contribution >= 0.6 is 0 Å². The van der Waals surface area contributed by atoms with Crippen molar-refractivity contribution in [2.45, 2.75) is 12.5 Å². The molecule has 124 valence electrons. The van der Waals surface area contributed by atoms with Crippen molar-refractivity contribution in [1.82, 2.24) is 15.2 Å². The summed E-state index contributed by atoms with van der Waals surface area (Å²) in [6.07, 6.45) is 0.728. The molecule has 0 fully saturated rings. The molecule has 0 radical (unpaired) electrons. The van der Waals surface area contributed by atoms with E-state index < -0.39 is 0 Å². The van der Waals surface area contributed by atoms with E-state index in [4.69, 9.17) is 10.5 Å². The van der Waals surface area contributed by atoms with Gasteiger partial charge in [0.2, 0.25) is 0 Å². The number of nitrogens with two attached hydrogens (primary N) is 1. The van der Waals surface area contributed by atoms with E-state index in [1.807, 2.05) is 54.6 Å². The van der Waals surface area contributed by atoms with E-state index >= 15 is 0 Å². The molecule has 1 heterocycles. The number of hydrogen-bond acceptors (Lipinski definition) is 5. The Kier molecular flexibility index (Phi) is 5.08. The molecule has 0 spiro atoms. The lowest BCUT2D eigenvalue weighted by Gasteiger charge is -2.07.